The van der Waals surface area contributed by atoms with E-state index in [4.69, 9.17) is 121 Å². The van der Waals surface area contributed by atoms with Gasteiger partial charge >= 0.3 is 54.0 Å². The van der Waals surface area contributed by atoms with Gasteiger partial charge in [-0.3, -0.25) is 74.4 Å². The predicted molar refractivity (Wildman–Crippen MR) is 408 cm³/mol. The number of ether oxygens (including phenoxy) is 4. The quantitative estimate of drug-likeness (QED) is 0.0247. The van der Waals surface area contributed by atoms with Gasteiger partial charge in [-0.2, -0.15) is 0 Å². The molecule has 8 aromatic rings. The summed E-state index contributed by atoms with van der Waals surface area (Å²) < 4.78 is 296. The number of aliphatic hydroxyl groups excluding tert-OH is 8. The van der Waals surface area contributed by atoms with Crippen LogP contribution in [0.15, 0.2) is 117 Å². The molecule has 0 saturated carbocycles. The lowest BCUT2D eigenvalue weighted by molar-refractivity contribution is -0.205. The van der Waals surface area contributed by atoms with Crippen LogP contribution in [0.1, 0.15) is 77.6 Å². The molecule has 56 heteroatoms. The summed E-state index contributed by atoms with van der Waals surface area (Å²) in [4.78, 5) is 57.9. The summed E-state index contributed by atoms with van der Waals surface area (Å²) in [7, 11) is -18.5. The molecule has 0 amide bonds. The molecule has 0 radical (unpaired) electrons. The maximum Gasteiger partial charge on any atom is 0.530 e. The number of hydrogen-bond donors (Lipinski definition) is 12. The second-order valence-corrected chi connectivity index (χ2v) is 35.3. The number of aromatic nitrogens is 8. The number of phosphoric acid groups is 4. The van der Waals surface area contributed by atoms with E-state index in [0.717, 1.165) is 83.8 Å². The predicted octanol–water partition coefficient (Wildman–Crippen LogP) is 8.01. The maximum absolute atomic E-state index is 15.8. The van der Waals surface area contributed by atoms with Gasteiger partial charge in [-0.25, -0.2) is 72.6 Å². The number of aromatic amines is 4. The first kappa shape index (κ1) is 85.5. The Morgan fingerprint density at radius 1 is 0.403 bits per heavy atom. The number of nitrogens with one attached hydrogen (secondary N) is 4. The molecule has 4 saturated heterocycles. The van der Waals surface area contributed by atoms with Gasteiger partial charge in [-0.05, 0) is 100 Å². The SMILES string of the molecule is Cc1cn([C@@H]2O[C@](F)(COP3(=O)OCc4cc(F)ccc4O3)[C@@H](O)[C@H]2O)c(=O)[nH]c1=S.[2H]C([2H])(OP1(=O)OCc2cc(F)ccc2O1)[C@@]1(F)O[C@@H](n2cc(C)c(=S)[nH]c2=O)[C@H](O)[C@@H]1O.[2H]C([2H])(OP1(=O)OCc2cc(F)ccc2O1)[C@@]1(F)O[C@@]([2H])(n2cc(C)c(=S)[nH]c2=O)[C@H](O)[C@@H]1O.[2H][C@@]1(n2cc(C)c(=S)[nH]c2=O)O[C@](F)(COP2(=O)OCc3cc(F)ccc3O2)[C@@H](O)[C@H]1O. The fourth-order valence-corrected chi connectivity index (χ4v) is 17.1. The number of nitrogens with zero attached hydrogens (tertiary/aromatic N) is 4. The first-order valence-corrected chi connectivity index (χ1v) is 42.6. The minimum atomic E-state index is -4.92. The molecule has 4 unspecified atom stereocenters. The van der Waals surface area contributed by atoms with Crippen molar-refractivity contribution in [1.82, 2.24) is 38.2 Å². The summed E-state index contributed by atoms with van der Waals surface area (Å²) in [5.41, 5.74) is -1.78. The number of aryl methyl sites for hydroxylation is 4. The van der Waals surface area contributed by atoms with E-state index in [1.807, 2.05) is 0 Å². The molecule has 0 spiro atoms. The Hall–Kier alpha value is -7.96. The van der Waals surface area contributed by atoms with Gasteiger partial charge in [0.2, 0.25) is 0 Å². The monoisotopic (exact) mass is 1920 g/mol. The summed E-state index contributed by atoms with van der Waals surface area (Å²) in [6, 6.07) is 12.9. The van der Waals surface area contributed by atoms with Gasteiger partial charge in [0.1, 0.15) is 140 Å². The molecular formula is C68H68F8N8O32P4S4. The Labute approximate surface area is 717 Å². The van der Waals surface area contributed by atoms with Crippen LogP contribution in [0, 0.1) is 69.5 Å². The average molecular weight is 1920 g/mol. The third kappa shape index (κ3) is 19.7. The highest BCUT2D eigenvalue weighted by Crippen LogP contribution is 2.60. The van der Waals surface area contributed by atoms with Crippen molar-refractivity contribution < 1.29 is 176 Å². The molecule has 0 bridgehead atoms. The van der Waals surface area contributed by atoms with E-state index in [1.54, 1.807) is 6.92 Å². The van der Waals surface area contributed by atoms with Crippen molar-refractivity contribution in [3.05, 3.63) is 226 Å². The number of rotatable bonds is 16. The highest BCUT2D eigenvalue weighted by Gasteiger charge is 2.62. The molecule has 672 valence electrons. The molecule has 4 aromatic heterocycles. The van der Waals surface area contributed by atoms with Crippen LogP contribution < -0.4 is 40.9 Å². The van der Waals surface area contributed by atoms with Crippen LogP contribution in [0.3, 0.4) is 0 Å². The van der Waals surface area contributed by atoms with E-state index in [0.29, 0.717) is 30.4 Å². The fourth-order valence-electron chi connectivity index (χ4n) is 11.9. The summed E-state index contributed by atoms with van der Waals surface area (Å²) in [5.74, 6) is -17.0. The lowest BCUT2D eigenvalue weighted by atomic mass is 10.1. The third-order valence-corrected chi connectivity index (χ3v) is 25.2. The first-order valence-electron chi connectivity index (χ1n) is 38.1. The van der Waals surface area contributed by atoms with Crippen molar-refractivity contribution in [3.63, 3.8) is 0 Å². The van der Waals surface area contributed by atoms with Crippen LogP contribution in [0.2, 0.25) is 0 Å². The molecule has 4 fully saturated rings. The van der Waals surface area contributed by atoms with Gasteiger partial charge in [-0.1, -0.05) is 48.9 Å². The van der Waals surface area contributed by atoms with Crippen molar-refractivity contribution in [2.24, 2.45) is 0 Å². The zero-order valence-electron chi connectivity index (χ0n) is 68.9. The van der Waals surface area contributed by atoms with E-state index in [-0.39, 0.29) is 82.6 Å². The Kier molecular flexibility index (Phi) is 24.8. The van der Waals surface area contributed by atoms with Gasteiger partial charge in [0.15, 0.2) is 24.9 Å². The van der Waals surface area contributed by atoms with Crippen LogP contribution in [0.25, 0.3) is 0 Å². The number of phosphoric ester groups is 4. The van der Waals surface area contributed by atoms with Crippen molar-refractivity contribution in [1.29, 1.82) is 0 Å². The molecule has 0 aliphatic carbocycles. The molecule has 124 heavy (non-hydrogen) atoms. The first-order chi connectivity index (χ1) is 60.3. The summed E-state index contributed by atoms with van der Waals surface area (Å²) in [6.07, 6.45) is -23.8. The molecule has 40 nitrogen and oxygen atoms in total. The van der Waals surface area contributed by atoms with Crippen molar-refractivity contribution >= 4 is 80.2 Å². The number of halogens is 8. The third-order valence-electron chi connectivity index (χ3n) is 18.5. The highest BCUT2D eigenvalue weighted by atomic mass is 32.1. The van der Waals surface area contributed by atoms with Crippen molar-refractivity contribution in [2.45, 2.75) is 151 Å². The van der Waals surface area contributed by atoms with Crippen molar-refractivity contribution in [3.8, 4) is 23.0 Å². The number of aliphatic hydroxyl groups is 8. The second kappa shape index (κ2) is 35.9. The Morgan fingerprint density at radius 2 is 0.645 bits per heavy atom. The number of benzene rings is 4. The standard InChI is InChI=1S/4C17H17F2N2O8PS/c4*1-8-5-21(16(24)20-14(8)31)15-12(22)13(23)17(19,28-15)7-27-30(25)26-6-9-4-10(18)2-3-11(9)29-30/h4*2-5,12-13,15,22-23H,6-7H2,1H3,(H,20,24,31)/t4*12-,13+,15-,17-,30?/m1111/s1/i7D2,15D;15D;7D2;. The number of alkyl halides is 4. The molecular weight excluding hydrogens is 1840 g/mol. The second-order valence-electron chi connectivity index (χ2n) is 27.4. The van der Waals surface area contributed by atoms with Crippen LogP contribution in [-0.2, 0) is 99.8 Å². The molecule has 8 aliphatic heterocycles. The Balaban J connectivity index is 0.000000148. The highest BCUT2D eigenvalue weighted by molar-refractivity contribution is 7.72. The molecule has 12 heterocycles. The minimum Gasteiger partial charge on any atom is -0.404 e. The zero-order chi connectivity index (χ0) is 95.6. The van der Waals surface area contributed by atoms with Crippen LogP contribution in [0.4, 0.5) is 35.1 Å². The number of fused-ring (bicyclic) bond motifs is 4. The lowest BCUT2D eigenvalue weighted by Crippen LogP contribution is -2.43. The molecule has 8 aliphatic rings. The van der Waals surface area contributed by atoms with Gasteiger partial charge in [0, 0.05) is 69.3 Å². The lowest BCUT2D eigenvalue weighted by Gasteiger charge is -2.28. The number of hydrogen-bond acceptors (Lipinski definition) is 36. The van der Waals surface area contributed by atoms with Crippen molar-refractivity contribution in [2.75, 3.05) is 26.3 Å². The van der Waals surface area contributed by atoms with Crippen LogP contribution in [0.5, 0.6) is 23.0 Å². The summed E-state index contributed by atoms with van der Waals surface area (Å²) in [5, 5.41) is 82.3. The largest absolute Gasteiger partial charge is 0.530 e. The fraction of sp³-hybridized carbons (Fsp3) is 0.412. The van der Waals surface area contributed by atoms with E-state index in [2.05, 4.69) is 29.0 Å². The zero-order valence-corrected chi connectivity index (χ0v) is 69.7. The minimum absolute atomic E-state index is 0.0155. The Bertz CT molecular complexity index is 6570. The summed E-state index contributed by atoms with van der Waals surface area (Å²) in [6.45, 7) is -5.80. The Morgan fingerprint density at radius 3 is 0.968 bits per heavy atom. The topological polar surface area (TPSA) is 529 Å². The summed E-state index contributed by atoms with van der Waals surface area (Å²) >= 11 is 19.7. The molecule has 4 aromatic carbocycles. The molecule has 12 N–H and O–H groups in total. The number of H-pyrrole nitrogens is 4. The van der Waals surface area contributed by atoms with Gasteiger partial charge in [0.25, 0.3) is 23.4 Å². The average Bonchev–Trinajstić information content (AvgIpc) is 1.56. The van der Waals surface area contributed by atoms with Gasteiger partial charge in [0.05, 0.1) is 34.7 Å². The van der Waals surface area contributed by atoms with E-state index in [9.17, 15) is 95.9 Å². The van der Waals surface area contributed by atoms with Gasteiger partial charge in [-0.15, -0.1) is 0 Å². The smallest absolute Gasteiger partial charge is 0.404 e. The van der Waals surface area contributed by atoms with Crippen LogP contribution >= 0.6 is 80.2 Å². The maximum atomic E-state index is 15.8. The van der Waals surface area contributed by atoms with E-state index in [1.165, 1.54) is 39.1 Å². The normalized spacial score (nSPS) is 34.6. The molecule has 20 atom stereocenters. The molecule has 16 rings (SSSR count). The van der Waals surface area contributed by atoms with Gasteiger partial charge < -0.3 is 77.9 Å². The van der Waals surface area contributed by atoms with Crippen LogP contribution in [-0.4, -0.2) is 178 Å². The van der Waals surface area contributed by atoms with E-state index >= 15 is 17.6 Å². The van der Waals surface area contributed by atoms with E-state index < -0.39 is 214 Å².